The zero-order chi connectivity index (χ0) is 12.1. The first kappa shape index (κ1) is 12.1. The van der Waals surface area contributed by atoms with E-state index in [9.17, 15) is 9.90 Å². The number of piperidine rings is 1. The van der Waals surface area contributed by atoms with Gasteiger partial charge in [-0.25, -0.2) is 0 Å². The zero-order valence-corrected chi connectivity index (χ0v) is 9.73. The molecule has 92 valence electrons. The number of benzene rings is 1. The van der Waals surface area contributed by atoms with E-state index in [1.165, 1.54) is 0 Å². The van der Waals surface area contributed by atoms with Crippen molar-refractivity contribution in [3.05, 3.63) is 35.9 Å². The number of nitrogens with one attached hydrogen (secondary N) is 2. The molecule has 1 aliphatic rings. The van der Waals surface area contributed by atoms with Crippen LogP contribution in [0.2, 0.25) is 0 Å². The van der Waals surface area contributed by atoms with E-state index in [1.807, 2.05) is 18.2 Å². The van der Waals surface area contributed by atoms with Crippen molar-refractivity contribution in [1.29, 1.82) is 0 Å². The fourth-order valence-electron chi connectivity index (χ4n) is 2.04. The first-order valence-electron chi connectivity index (χ1n) is 6.01. The molecule has 1 heterocycles. The highest BCUT2D eigenvalue weighted by Crippen LogP contribution is 2.13. The van der Waals surface area contributed by atoms with Gasteiger partial charge >= 0.3 is 0 Å². The molecule has 4 heteroatoms. The lowest BCUT2D eigenvalue weighted by atomic mass is 10.1. The largest absolute Gasteiger partial charge is 0.378 e. The summed E-state index contributed by atoms with van der Waals surface area (Å²) in [4.78, 5) is 11.8. The molecule has 1 saturated heterocycles. The van der Waals surface area contributed by atoms with Crippen LogP contribution in [0.5, 0.6) is 0 Å². The highest BCUT2D eigenvalue weighted by atomic mass is 16.3. The van der Waals surface area contributed by atoms with Gasteiger partial charge in [0.1, 0.15) is 0 Å². The van der Waals surface area contributed by atoms with Gasteiger partial charge in [-0.15, -0.1) is 0 Å². The van der Waals surface area contributed by atoms with E-state index < -0.39 is 6.10 Å². The fraction of sp³-hybridized carbons (Fsp3) is 0.462. The summed E-state index contributed by atoms with van der Waals surface area (Å²) in [7, 11) is 0. The van der Waals surface area contributed by atoms with Gasteiger partial charge in [0.25, 0.3) is 5.91 Å². The number of rotatable bonds is 3. The van der Waals surface area contributed by atoms with Crippen LogP contribution in [0.3, 0.4) is 0 Å². The van der Waals surface area contributed by atoms with Gasteiger partial charge in [-0.3, -0.25) is 4.79 Å². The Morgan fingerprint density at radius 3 is 2.82 bits per heavy atom. The van der Waals surface area contributed by atoms with Gasteiger partial charge in [-0.2, -0.15) is 0 Å². The van der Waals surface area contributed by atoms with E-state index >= 15 is 0 Å². The van der Waals surface area contributed by atoms with Crippen LogP contribution in [0.25, 0.3) is 0 Å². The second-order valence-electron chi connectivity index (χ2n) is 4.37. The summed E-state index contributed by atoms with van der Waals surface area (Å²) in [6, 6.07) is 9.13. The van der Waals surface area contributed by atoms with Gasteiger partial charge in [0.15, 0.2) is 6.10 Å². The van der Waals surface area contributed by atoms with Crippen molar-refractivity contribution in [2.24, 2.45) is 0 Å². The van der Waals surface area contributed by atoms with Crippen LogP contribution in [-0.2, 0) is 4.79 Å². The molecule has 1 aromatic carbocycles. The van der Waals surface area contributed by atoms with Gasteiger partial charge in [0, 0.05) is 12.6 Å². The molecule has 1 unspecified atom stereocenters. The van der Waals surface area contributed by atoms with Crippen LogP contribution in [0.15, 0.2) is 30.3 Å². The predicted molar refractivity (Wildman–Crippen MR) is 65.4 cm³/mol. The van der Waals surface area contributed by atoms with Gasteiger partial charge in [0.05, 0.1) is 0 Å². The lowest BCUT2D eigenvalue weighted by Gasteiger charge is -2.25. The van der Waals surface area contributed by atoms with Gasteiger partial charge < -0.3 is 15.7 Å². The van der Waals surface area contributed by atoms with Crippen LogP contribution in [-0.4, -0.2) is 30.1 Å². The molecule has 2 rings (SSSR count). The Hall–Kier alpha value is -1.39. The lowest BCUT2D eigenvalue weighted by Crippen LogP contribution is -2.47. The van der Waals surface area contributed by atoms with E-state index in [1.54, 1.807) is 12.1 Å². The summed E-state index contributed by atoms with van der Waals surface area (Å²) in [5, 5.41) is 16.0. The second kappa shape index (κ2) is 5.80. The summed E-state index contributed by atoms with van der Waals surface area (Å²) in [6.07, 6.45) is 0.963. The maximum atomic E-state index is 11.8. The molecule has 17 heavy (non-hydrogen) atoms. The van der Waals surface area contributed by atoms with Crippen LogP contribution in [0, 0.1) is 0 Å². The third kappa shape index (κ3) is 3.28. The average molecular weight is 234 g/mol. The molecule has 0 saturated carbocycles. The summed E-state index contributed by atoms with van der Waals surface area (Å²) in [5.74, 6) is -0.315. The number of hydrogen-bond acceptors (Lipinski definition) is 3. The lowest BCUT2D eigenvalue weighted by molar-refractivity contribution is -0.130. The number of carbonyl (C=O) groups excluding carboxylic acids is 1. The van der Waals surface area contributed by atoms with Crippen molar-refractivity contribution in [2.75, 3.05) is 13.1 Å². The van der Waals surface area contributed by atoms with Crippen LogP contribution in [0.4, 0.5) is 0 Å². The first-order valence-corrected chi connectivity index (χ1v) is 6.01. The normalized spacial score (nSPS) is 21.8. The molecule has 1 aromatic rings. The Bertz CT molecular complexity index is 361. The van der Waals surface area contributed by atoms with Gasteiger partial charge in [0.2, 0.25) is 0 Å². The third-order valence-corrected chi connectivity index (χ3v) is 3.01. The second-order valence-corrected chi connectivity index (χ2v) is 4.37. The molecular formula is C13H18N2O2. The molecule has 4 nitrogen and oxygen atoms in total. The van der Waals surface area contributed by atoms with Crippen molar-refractivity contribution in [3.8, 4) is 0 Å². The Labute approximate surface area is 101 Å². The van der Waals surface area contributed by atoms with Crippen LogP contribution >= 0.6 is 0 Å². The average Bonchev–Trinajstić information content (AvgIpc) is 2.40. The van der Waals surface area contributed by atoms with Crippen molar-refractivity contribution < 1.29 is 9.90 Å². The summed E-state index contributed by atoms with van der Waals surface area (Å²) >= 11 is 0. The minimum atomic E-state index is -1.07. The molecule has 1 fully saturated rings. The summed E-state index contributed by atoms with van der Waals surface area (Å²) in [5.41, 5.74) is 0.633. The molecule has 2 atom stereocenters. The molecule has 0 bridgehead atoms. The smallest absolute Gasteiger partial charge is 0.253 e. The molecule has 0 aliphatic carbocycles. The fourth-order valence-corrected chi connectivity index (χ4v) is 2.04. The molecule has 0 spiro atoms. The molecule has 3 N–H and O–H groups in total. The minimum absolute atomic E-state index is 0.134. The summed E-state index contributed by atoms with van der Waals surface area (Å²) in [6.45, 7) is 1.79. The monoisotopic (exact) mass is 234 g/mol. The highest BCUT2D eigenvalue weighted by Gasteiger charge is 2.21. The predicted octanol–water partition coefficient (Wildman–Crippen LogP) is 0.588. The van der Waals surface area contributed by atoms with E-state index in [-0.39, 0.29) is 11.9 Å². The molecular weight excluding hydrogens is 216 g/mol. The molecule has 1 aliphatic heterocycles. The van der Waals surface area contributed by atoms with E-state index in [0.717, 1.165) is 25.9 Å². The standard InChI is InChI=1S/C13H18N2O2/c16-12(10-5-2-1-3-6-10)13(17)15-11-7-4-8-14-9-11/h1-3,5-6,11-12,14,16H,4,7-9H2,(H,15,17)/t11?,12-/m1/s1. The number of carbonyl (C=O) groups is 1. The molecule has 1 amide bonds. The van der Waals surface area contributed by atoms with E-state index in [2.05, 4.69) is 10.6 Å². The topological polar surface area (TPSA) is 61.4 Å². The Morgan fingerprint density at radius 1 is 1.41 bits per heavy atom. The Morgan fingerprint density at radius 2 is 2.18 bits per heavy atom. The Balaban J connectivity index is 1.91. The number of hydrogen-bond donors (Lipinski definition) is 3. The van der Waals surface area contributed by atoms with Gasteiger partial charge in [-0.05, 0) is 24.9 Å². The maximum absolute atomic E-state index is 11.8. The third-order valence-electron chi connectivity index (χ3n) is 3.01. The molecule has 0 radical (unpaired) electrons. The van der Waals surface area contributed by atoms with Crippen molar-refractivity contribution in [3.63, 3.8) is 0 Å². The SMILES string of the molecule is O=C(NC1CCCNC1)[C@H](O)c1ccccc1. The van der Waals surface area contributed by atoms with E-state index in [0.29, 0.717) is 5.56 Å². The number of amides is 1. The van der Waals surface area contributed by atoms with Crippen LogP contribution in [0.1, 0.15) is 24.5 Å². The zero-order valence-electron chi connectivity index (χ0n) is 9.73. The van der Waals surface area contributed by atoms with Crippen molar-refractivity contribution in [1.82, 2.24) is 10.6 Å². The molecule has 0 aromatic heterocycles. The van der Waals surface area contributed by atoms with Crippen LogP contribution < -0.4 is 10.6 Å². The van der Waals surface area contributed by atoms with E-state index in [4.69, 9.17) is 0 Å². The van der Waals surface area contributed by atoms with Crippen molar-refractivity contribution >= 4 is 5.91 Å². The first-order chi connectivity index (χ1) is 8.27. The summed E-state index contributed by atoms with van der Waals surface area (Å²) < 4.78 is 0. The van der Waals surface area contributed by atoms with Gasteiger partial charge in [-0.1, -0.05) is 30.3 Å². The number of aliphatic hydroxyl groups excluding tert-OH is 1. The quantitative estimate of drug-likeness (QED) is 0.717. The highest BCUT2D eigenvalue weighted by molar-refractivity contribution is 5.82. The Kier molecular flexibility index (Phi) is 4.12. The maximum Gasteiger partial charge on any atom is 0.253 e. The minimum Gasteiger partial charge on any atom is -0.378 e. The number of aliphatic hydroxyl groups is 1. The van der Waals surface area contributed by atoms with Crippen molar-refractivity contribution in [2.45, 2.75) is 25.0 Å².